The summed E-state index contributed by atoms with van der Waals surface area (Å²) in [6, 6.07) is 0.366. The second kappa shape index (κ2) is 5.85. The zero-order valence-electron chi connectivity index (χ0n) is 11.2. The number of amides is 1. The Morgan fingerprint density at radius 3 is 2.71 bits per heavy atom. The van der Waals surface area contributed by atoms with E-state index in [9.17, 15) is 4.79 Å². The van der Waals surface area contributed by atoms with Crippen LogP contribution in [0, 0.1) is 5.92 Å². The first-order valence-electron chi connectivity index (χ1n) is 7.20. The van der Waals surface area contributed by atoms with Crippen LogP contribution in [0.25, 0.3) is 0 Å². The zero-order chi connectivity index (χ0) is 12.3. The smallest absolute Gasteiger partial charge is 0.226 e. The predicted octanol–water partition coefficient (Wildman–Crippen LogP) is 2.59. The fourth-order valence-corrected chi connectivity index (χ4v) is 3.24. The van der Waals surface area contributed by atoms with E-state index in [-0.39, 0.29) is 5.92 Å². The monoisotopic (exact) mass is 239 g/mol. The minimum atomic E-state index is 0.218. The Balaban J connectivity index is 2.05. The molecule has 17 heavy (non-hydrogen) atoms. The van der Waals surface area contributed by atoms with E-state index in [0.717, 1.165) is 38.8 Å². The second-order valence-corrected chi connectivity index (χ2v) is 5.31. The summed E-state index contributed by atoms with van der Waals surface area (Å²) in [6.45, 7) is 5.76. The molecule has 1 aliphatic heterocycles. The van der Waals surface area contributed by atoms with Crippen molar-refractivity contribution in [1.82, 2.24) is 4.90 Å². The van der Waals surface area contributed by atoms with Gasteiger partial charge in [0.2, 0.25) is 5.91 Å². The van der Waals surface area contributed by atoms with Crippen molar-refractivity contribution in [1.29, 1.82) is 0 Å². The van der Waals surface area contributed by atoms with Gasteiger partial charge < -0.3 is 9.64 Å². The minimum Gasteiger partial charge on any atom is -0.374 e. The van der Waals surface area contributed by atoms with Gasteiger partial charge in [0.05, 0.1) is 18.8 Å². The molecule has 3 nitrogen and oxygen atoms in total. The summed E-state index contributed by atoms with van der Waals surface area (Å²) in [5.41, 5.74) is 0. The Morgan fingerprint density at radius 2 is 2.00 bits per heavy atom. The highest BCUT2D eigenvalue weighted by Gasteiger charge is 2.37. The zero-order valence-corrected chi connectivity index (χ0v) is 11.2. The summed E-state index contributed by atoms with van der Waals surface area (Å²) < 4.78 is 5.82. The van der Waals surface area contributed by atoms with Gasteiger partial charge in [-0.2, -0.15) is 0 Å². The maximum Gasteiger partial charge on any atom is 0.226 e. The molecule has 0 spiro atoms. The van der Waals surface area contributed by atoms with Crippen molar-refractivity contribution >= 4 is 5.91 Å². The molecule has 2 fully saturated rings. The molecule has 3 heteroatoms. The molecule has 0 aromatic carbocycles. The van der Waals surface area contributed by atoms with E-state index in [1.165, 1.54) is 12.8 Å². The highest BCUT2D eigenvalue weighted by atomic mass is 16.5. The molecule has 0 N–H and O–H groups in total. The number of carbonyl (C=O) groups excluding carboxylic acids is 1. The highest BCUT2D eigenvalue weighted by Crippen LogP contribution is 2.30. The van der Waals surface area contributed by atoms with Crippen molar-refractivity contribution in [3.05, 3.63) is 0 Å². The lowest BCUT2D eigenvalue weighted by Crippen LogP contribution is -2.56. The molecule has 0 radical (unpaired) electrons. The van der Waals surface area contributed by atoms with Crippen LogP contribution in [-0.2, 0) is 9.53 Å². The number of hydrogen-bond acceptors (Lipinski definition) is 2. The number of fused-ring (bicyclic) bond motifs is 1. The molecule has 1 amide bonds. The normalized spacial score (nSPS) is 29.2. The molecule has 98 valence electrons. The Labute approximate surface area is 105 Å². The van der Waals surface area contributed by atoms with Gasteiger partial charge in [0.15, 0.2) is 0 Å². The fourth-order valence-electron chi connectivity index (χ4n) is 3.24. The Bertz CT molecular complexity index is 261. The van der Waals surface area contributed by atoms with Gasteiger partial charge in [-0.1, -0.05) is 26.7 Å². The van der Waals surface area contributed by atoms with Crippen LogP contribution < -0.4 is 0 Å². The molecule has 1 saturated heterocycles. The van der Waals surface area contributed by atoms with Crippen molar-refractivity contribution < 1.29 is 9.53 Å². The lowest BCUT2D eigenvalue weighted by atomic mass is 9.89. The van der Waals surface area contributed by atoms with E-state index in [0.29, 0.717) is 18.1 Å². The second-order valence-electron chi connectivity index (χ2n) is 5.31. The molecule has 1 heterocycles. The molecule has 2 aliphatic rings. The van der Waals surface area contributed by atoms with Crippen LogP contribution in [-0.4, -0.2) is 36.1 Å². The first kappa shape index (κ1) is 12.9. The number of carbonyl (C=O) groups is 1. The quantitative estimate of drug-likeness (QED) is 0.757. The Morgan fingerprint density at radius 1 is 1.29 bits per heavy atom. The summed E-state index contributed by atoms with van der Waals surface area (Å²) in [4.78, 5) is 14.6. The van der Waals surface area contributed by atoms with Crippen LogP contribution >= 0.6 is 0 Å². The van der Waals surface area contributed by atoms with E-state index in [1.807, 2.05) is 0 Å². The van der Waals surface area contributed by atoms with Gasteiger partial charge in [-0.25, -0.2) is 0 Å². The summed E-state index contributed by atoms with van der Waals surface area (Å²) >= 11 is 0. The minimum absolute atomic E-state index is 0.218. The summed E-state index contributed by atoms with van der Waals surface area (Å²) in [7, 11) is 0. The topological polar surface area (TPSA) is 29.5 Å². The lowest BCUT2D eigenvalue weighted by molar-refractivity contribution is -0.154. The van der Waals surface area contributed by atoms with E-state index in [2.05, 4.69) is 18.7 Å². The fraction of sp³-hybridized carbons (Fsp3) is 0.929. The molecule has 0 bridgehead atoms. The standard InChI is InChI=1S/C14H25NO2/c1-3-11(4-2)14(16)15-9-10-17-13-8-6-5-7-12(13)15/h11-13H,3-10H2,1-2H3/t12-,13-/m0/s1. The van der Waals surface area contributed by atoms with Gasteiger partial charge in [-0.05, 0) is 25.7 Å². The molecule has 2 rings (SSSR count). The van der Waals surface area contributed by atoms with Crippen LogP contribution in [0.5, 0.6) is 0 Å². The molecule has 0 aromatic heterocycles. The van der Waals surface area contributed by atoms with Crippen LogP contribution in [0.1, 0.15) is 52.4 Å². The molecule has 1 aliphatic carbocycles. The van der Waals surface area contributed by atoms with Gasteiger partial charge in [0.25, 0.3) is 0 Å². The van der Waals surface area contributed by atoms with Crippen LogP contribution in [0.3, 0.4) is 0 Å². The number of nitrogens with zero attached hydrogens (tertiary/aromatic N) is 1. The van der Waals surface area contributed by atoms with Crippen molar-refractivity contribution in [3.8, 4) is 0 Å². The van der Waals surface area contributed by atoms with Crippen molar-refractivity contribution in [2.45, 2.75) is 64.5 Å². The number of hydrogen-bond donors (Lipinski definition) is 0. The number of morpholine rings is 1. The first-order valence-corrected chi connectivity index (χ1v) is 7.20. The molecule has 2 atom stereocenters. The van der Waals surface area contributed by atoms with Gasteiger partial charge in [0.1, 0.15) is 0 Å². The van der Waals surface area contributed by atoms with Gasteiger partial charge in [-0.3, -0.25) is 4.79 Å². The van der Waals surface area contributed by atoms with Gasteiger partial charge >= 0.3 is 0 Å². The third kappa shape index (κ3) is 2.65. The third-order valence-corrected chi connectivity index (χ3v) is 4.35. The van der Waals surface area contributed by atoms with Gasteiger partial charge in [-0.15, -0.1) is 0 Å². The average molecular weight is 239 g/mol. The SMILES string of the molecule is CCC(CC)C(=O)N1CCO[C@H]2CCCC[C@@H]21. The Hall–Kier alpha value is -0.570. The van der Waals surface area contributed by atoms with Gasteiger partial charge in [0, 0.05) is 12.5 Å². The Kier molecular flexibility index (Phi) is 4.43. The van der Waals surface area contributed by atoms with E-state index < -0.39 is 0 Å². The maximum absolute atomic E-state index is 12.5. The predicted molar refractivity (Wildman–Crippen MR) is 67.8 cm³/mol. The van der Waals surface area contributed by atoms with Crippen LogP contribution in [0.2, 0.25) is 0 Å². The third-order valence-electron chi connectivity index (χ3n) is 4.35. The summed E-state index contributed by atoms with van der Waals surface area (Å²) in [5, 5.41) is 0. The van der Waals surface area contributed by atoms with E-state index in [4.69, 9.17) is 4.74 Å². The average Bonchev–Trinajstić information content (AvgIpc) is 2.39. The molecule has 0 unspecified atom stereocenters. The van der Waals surface area contributed by atoms with E-state index in [1.54, 1.807) is 0 Å². The molecular weight excluding hydrogens is 214 g/mol. The lowest BCUT2D eigenvalue weighted by Gasteiger charge is -2.44. The molecule has 1 saturated carbocycles. The van der Waals surface area contributed by atoms with Crippen LogP contribution in [0.4, 0.5) is 0 Å². The molecular formula is C14H25NO2. The first-order chi connectivity index (χ1) is 8.27. The molecule has 0 aromatic rings. The summed E-state index contributed by atoms with van der Waals surface area (Å²) in [5.74, 6) is 0.589. The highest BCUT2D eigenvalue weighted by molar-refractivity contribution is 5.79. The van der Waals surface area contributed by atoms with Crippen molar-refractivity contribution in [3.63, 3.8) is 0 Å². The largest absolute Gasteiger partial charge is 0.374 e. The van der Waals surface area contributed by atoms with E-state index >= 15 is 0 Å². The van der Waals surface area contributed by atoms with Crippen molar-refractivity contribution in [2.75, 3.05) is 13.2 Å². The summed E-state index contributed by atoms with van der Waals surface area (Å²) in [6.07, 6.45) is 7.02. The van der Waals surface area contributed by atoms with Crippen LogP contribution in [0.15, 0.2) is 0 Å². The maximum atomic E-state index is 12.5. The number of rotatable bonds is 3. The van der Waals surface area contributed by atoms with Crippen molar-refractivity contribution in [2.24, 2.45) is 5.92 Å². The number of ether oxygens (including phenoxy) is 1.